The van der Waals surface area contributed by atoms with Crippen molar-refractivity contribution in [1.29, 1.82) is 0 Å². The van der Waals surface area contributed by atoms with Crippen molar-refractivity contribution >= 4 is 16.6 Å². The quantitative estimate of drug-likeness (QED) is 0.331. The number of nitrogens with zero attached hydrogens (tertiary/aromatic N) is 6. The summed E-state index contributed by atoms with van der Waals surface area (Å²) in [6.07, 6.45) is 0.535. The molecular weight excluding hydrogens is 460 g/mol. The predicted molar refractivity (Wildman–Crippen MR) is 135 cm³/mol. The third-order valence-electron chi connectivity index (χ3n) is 6.22. The summed E-state index contributed by atoms with van der Waals surface area (Å²) < 4.78 is 21.4. The van der Waals surface area contributed by atoms with E-state index in [0.29, 0.717) is 48.0 Å². The molecule has 0 saturated heterocycles. The van der Waals surface area contributed by atoms with Crippen LogP contribution >= 0.6 is 0 Å². The van der Waals surface area contributed by atoms with Gasteiger partial charge >= 0.3 is 5.69 Å². The van der Waals surface area contributed by atoms with E-state index in [1.54, 1.807) is 32.0 Å². The first-order valence-corrected chi connectivity index (χ1v) is 11.6. The van der Waals surface area contributed by atoms with E-state index in [2.05, 4.69) is 10.2 Å². The summed E-state index contributed by atoms with van der Waals surface area (Å²) in [6.45, 7) is 4.91. The molecule has 36 heavy (non-hydrogen) atoms. The fourth-order valence-corrected chi connectivity index (χ4v) is 4.47. The van der Waals surface area contributed by atoms with Crippen LogP contribution in [0.25, 0.3) is 16.6 Å². The number of fused-ring (bicyclic) bond motifs is 3. The molecule has 3 aromatic heterocycles. The number of rotatable bonds is 8. The Balaban J connectivity index is 1.66. The maximum atomic E-state index is 13.7. The molecule has 0 amide bonds. The van der Waals surface area contributed by atoms with E-state index in [0.717, 1.165) is 28.1 Å². The number of hydrogen-bond acceptors (Lipinski definition) is 7. The van der Waals surface area contributed by atoms with Gasteiger partial charge in [-0.25, -0.2) is 9.78 Å². The highest BCUT2D eigenvalue weighted by molar-refractivity contribution is 5.94. The van der Waals surface area contributed by atoms with Crippen LogP contribution in [0, 0.1) is 13.8 Å². The van der Waals surface area contributed by atoms with Crippen molar-refractivity contribution in [2.75, 3.05) is 21.3 Å². The first kappa shape index (κ1) is 23.4. The molecule has 0 fully saturated rings. The lowest BCUT2D eigenvalue weighted by Crippen LogP contribution is -2.28. The van der Waals surface area contributed by atoms with Gasteiger partial charge in [-0.1, -0.05) is 12.1 Å². The summed E-state index contributed by atoms with van der Waals surface area (Å²) in [5.74, 6) is 2.36. The van der Waals surface area contributed by atoms with E-state index in [-0.39, 0.29) is 5.69 Å². The second-order valence-electron chi connectivity index (χ2n) is 8.61. The van der Waals surface area contributed by atoms with Gasteiger partial charge in [0.15, 0.2) is 23.0 Å². The summed E-state index contributed by atoms with van der Waals surface area (Å²) in [4.78, 5) is 18.4. The standard InChI is InChI=1S/C26H28N6O4/c1-16-11-17(2)31(28-16)10-9-24-27-25-20-13-22(35-4)23(36-5)14-21(20)30(26(33)32(25)29-24)15-18-7-6-8-19(12-18)34-3/h6-8,11-14H,9-10,15H2,1-5H3. The van der Waals surface area contributed by atoms with Crippen LogP contribution < -0.4 is 19.9 Å². The number of aryl methyl sites for hydroxylation is 4. The maximum absolute atomic E-state index is 13.7. The molecule has 3 heterocycles. The molecule has 0 aliphatic heterocycles. The Bertz CT molecular complexity index is 1630. The molecule has 0 atom stereocenters. The molecule has 0 bridgehead atoms. The van der Waals surface area contributed by atoms with Crippen LogP contribution in [0.5, 0.6) is 17.2 Å². The van der Waals surface area contributed by atoms with Crippen LogP contribution in [-0.4, -0.2) is 50.3 Å². The van der Waals surface area contributed by atoms with Crippen LogP contribution in [-0.2, 0) is 19.5 Å². The zero-order valence-electron chi connectivity index (χ0n) is 21.0. The molecule has 0 radical (unpaired) electrons. The van der Waals surface area contributed by atoms with Gasteiger partial charge in [0.05, 0.1) is 39.1 Å². The molecule has 0 spiro atoms. The minimum atomic E-state index is -0.294. The second-order valence-corrected chi connectivity index (χ2v) is 8.61. The SMILES string of the molecule is COc1cccc(Cn2c(=O)n3nc(CCn4nc(C)cc4C)nc3c3cc(OC)c(OC)cc32)c1. The largest absolute Gasteiger partial charge is 0.497 e. The lowest BCUT2D eigenvalue weighted by molar-refractivity contribution is 0.355. The lowest BCUT2D eigenvalue weighted by atomic mass is 10.1. The first-order valence-electron chi connectivity index (χ1n) is 11.6. The van der Waals surface area contributed by atoms with Gasteiger partial charge in [-0.15, -0.1) is 5.10 Å². The van der Waals surface area contributed by atoms with Crippen LogP contribution in [0.3, 0.4) is 0 Å². The zero-order chi connectivity index (χ0) is 25.4. The topological polar surface area (TPSA) is 97.7 Å². The number of methoxy groups -OCH3 is 3. The molecule has 2 aromatic carbocycles. The highest BCUT2D eigenvalue weighted by Crippen LogP contribution is 2.33. The lowest BCUT2D eigenvalue weighted by Gasteiger charge is -2.15. The fraction of sp³-hybridized carbons (Fsp3) is 0.308. The molecular formula is C26H28N6O4. The number of aromatic nitrogens is 6. The van der Waals surface area contributed by atoms with Crippen molar-refractivity contribution < 1.29 is 14.2 Å². The first-order chi connectivity index (χ1) is 17.4. The molecule has 5 rings (SSSR count). The molecule has 10 heteroatoms. The summed E-state index contributed by atoms with van der Waals surface area (Å²) >= 11 is 0. The molecule has 0 aliphatic rings. The Labute approximate surface area is 207 Å². The molecule has 0 unspecified atom stereocenters. The van der Waals surface area contributed by atoms with Crippen molar-refractivity contribution in [3.05, 3.63) is 75.7 Å². The summed E-state index contributed by atoms with van der Waals surface area (Å²) in [6, 6.07) is 13.3. The van der Waals surface area contributed by atoms with Gasteiger partial charge in [-0.3, -0.25) is 9.25 Å². The van der Waals surface area contributed by atoms with Crippen molar-refractivity contribution in [1.82, 2.24) is 28.9 Å². The third-order valence-corrected chi connectivity index (χ3v) is 6.22. The predicted octanol–water partition coefficient (Wildman–Crippen LogP) is 3.17. The minimum absolute atomic E-state index is 0.294. The Morgan fingerprint density at radius 3 is 2.39 bits per heavy atom. The van der Waals surface area contributed by atoms with E-state index < -0.39 is 0 Å². The molecule has 186 valence electrons. The Morgan fingerprint density at radius 1 is 0.917 bits per heavy atom. The molecule has 0 N–H and O–H groups in total. The van der Waals surface area contributed by atoms with E-state index in [9.17, 15) is 4.79 Å². The van der Waals surface area contributed by atoms with E-state index in [1.807, 2.05) is 54.9 Å². The van der Waals surface area contributed by atoms with Gasteiger partial charge in [0.25, 0.3) is 0 Å². The summed E-state index contributed by atoms with van der Waals surface area (Å²) in [5, 5.41) is 9.83. The van der Waals surface area contributed by atoms with E-state index >= 15 is 0 Å². The summed E-state index contributed by atoms with van der Waals surface area (Å²) in [5.41, 5.74) is 3.79. The van der Waals surface area contributed by atoms with E-state index in [4.69, 9.17) is 19.2 Å². The van der Waals surface area contributed by atoms with Crippen LogP contribution in [0.1, 0.15) is 22.8 Å². The van der Waals surface area contributed by atoms with Crippen molar-refractivity contribution in [3.63, 3.8) is 0 Å². The highest BCUT2D eigenvalue weighted by atomic mass is 16.5. The number of benzene rings is 2. The fourth-order valence-electron chi connectivity index (χ4n) is 4.47. The van der Waals surface area contributed by atoms with Gasteiger partial charge in [-0.05, 0) is 43.7 Å². The van der Waals surface area contributed by atoms with Crippen molar-refractivity contribution in [2.45, 2.75) is 33.4 Å². The van der Waals surface area contributed by atoms with Gasteiger partial charge in [-0.2, -0.15) is 9.61 Å². The monoisotopic (exact) mass is 488 g/mol. The molecule has 0 saturated carbocycles. The smallest absolute Gasteiger partial charge is 0.351 e. The third kappa shape index (κ3) is 4.15. The maximum Gasteiger partial charge on any atom is 0.351 e. The minimum Gasteiger partial charge on any atom is -0.497 e. The van der Waals surface area contributed by atoms with Gasteiger partial charge in [0, 0.05) is 30.1 Å². The Kier molecular flexibility index (Phi) is 6.09. The van der Waals surface area contributed by atoms with E-state index in [1.165, 1.54) is 4.52 Å². The van der Waals surface area contributed by atoms with Crippen LogP contribution in [0.4, 0.5) is 0 Å². The van der Waals surface area contributed by atoms with Crippen LogP contribution in [0.2, 0.25) is 0 Å². The van der Waals surface area contributed by atoms with Crippen molar-refractivity contribution in [3.8, 4) is 17.2 Å². The highest BCUT2D eigenvalue weighted by Gasteiger charge is 2.19. The number of hydrogen-bond donors (Lipinski definition) is 0. The van der Waals surface area contributed by atoms with Gasteiger partial charge in [0.1, 0.15) is 5.75 Å². The average molecular weight is 489 g/mol. The van der Waals surface area contributed by atoms with Crippen molar-refractivity contribution in [2.24, 2.45) is 0 Å². The van der Waals surface area contributed by atoms with Crippen LogP contribution in [0.15, 0.2) is 47.3 Å². The number of ether oxygens (including phenoxy) is 3. The molecule has 10 nitrogen and oxygen atoms in total. The normalized spacial score (nSPS) is 11.4. The second kappa shape index (κ2) is 9.37. The molecule has 5 aromatic rings. The Hall–Kier alpha value is -4.34. The Morgan fingerprint density at radius 2 is 1.69 bits per heavy atom. The van der Waals surface area contributed by atoms with Gasteiger partial charge < -0.3 is 14.2 Å². The zero-order valence-corrected chi connectivity index (χ0v) is 21.0. The summed E-state index contributed by atoms with van der Waals surface area (Å²) in [7, 11) is 4.77. The van der Waals surface area contributed by atoms with Gasteiger partial charge in [0.2, 0.25) is 0 Å². The average Bonchev–Trinajstić information content (AvgIpc) is 3.46. The molecule has 0 aliphatic carbocycles.